The lowest BCUT2D eigenvalue weighted by Gasteiger charge is -2.55. The summed E-state index contributed by atoms with van der Waals surface area (Å²) in [7, 11) is 1.62. The van der Waals surface area contributed by atoms with Crippen LogP contribution in [0, 0.1) is 28.6 Å². The zero-order chi connectivity index (χ0) is 18.9. The number of aliphatic hydroxyl groups is 1. The van der Waals surface area contributed by atoms with Gasteiger partial charge in [0.05, 0.1) is 7.11 Å². The third-order valence-corrected chi connectivity index (χ3v) is 8.59. The second-order valence-corrected chi connectivity index (χ2v) is 9.53. The first-order valence-electron chi connectivity index (χ1n) is 10.1. The van der Waals surface area contributed by atoms with Gasteiger partial charge in [-0.2, -0.15) is 0 Å². The number of hydrogen-bond donors (Lipinski definition) is 1. The van der Waals surface area contributed by atoms with E-state index < -0.39 is 5.60 Å². The van der Waals surface area contributed by atoms with Crippen LogP contribution in [0.2, 0.25) is 0 Å². The average Bonchev–Trinajstić information content (AvgIpc) is 2.83. The molecule has 0 aromatic carbocycles. The second-order valence-electron chi connectivity index (χ2n) is 9.53. The summed E-state index contributed by atoms with van der Waals surface area (Å²) >= 11 is 0. The number of carbonyl (C=O) groups is 1. The minimum atomic E-state index is -0.978. The lowest BCUT2D eigenvalue weighted by atomic mass is 9.50. The first-order chi connectivity index (χ1) is 12.2. The van der Waals surface area contributed by atoms with Crippen LogP contribution in [0.1, 0.15) is 59.3 Å². The average molecular weight is 357 g/mol. The first-order valence-corrected chi connectivity index (χ1v) is 10.1. The van der Waals surface area contributed by atoms with Crippen molar-refractivity contribution >= 4 is 5.78 Å². The van der Waals surface area contributed by atoms with E-state index in [1.165, 1.54) is 11.1 Å². The van der Waals surface area contributed by atoms with Gasteiger partial charge in [-0.15, -0.1) is 0 Å². The minimum absolute atomic E-state index is 0.0420. The van der Waals surface area contributed by atoms with Crippen LogP contribution in [-0.2, 0) is 9.53 Å². The van der Waals surface area contributed by atoms with Crippen LogP contribution in [0.3, 0.4) is 0 Å². The monoisotopic (exact) mass is 356 g/mol. The van der Waals surface area contributed by atoms with E-state index in [2.05, 4.69) is 33.4 Å². The number of rotatable bonds is 2. The lowest BCUT2D eigenvalue weighted by Crippen LogP contribution is -2.53. The maximum Gasteiger partial charge on any atom is 0.155 e. The fourth-order valence-electron chi connectivity index (χ4n) is 6.95. The van der Waals surface area contributed by atoms with E-state index in [1.54, 1.807) is 7.11 Å². The van der Waals surface area contributed by atoms with Gasteiger partial charge in [0.25, 0.3) is 0 Å². The molecule has 3 nitrogen and oxygen atoms in total. The fourth-order valence-corrected chi connectivity index (χ4v) is 6.95. The Labute approximate surface area is 157 Å². The van der Waals surface area contributed by atoms with Crippen molar-refractivity contribution < 1.29 is 14.6 Å². The minimum Gasteiger partial charge on any atom is -0.499 e. The maximum absolute atomic E-state index is 11.9. The predicted octanol–water partition coefficient (Wildman–Crippen LogP) is 4.58. The topological polar surface area (TPSA) is 46.5 Å². The molecule has 6 atom stereocenters. The Morgan fingerprint density at radius 2 is 2.08 bits per heavy atom. The van der Waals surface area contributed by atoms with Gasteiger partial charge < -0.3 is 9.84 Å². The molecule has 4 aliphatic carbocycles. The van der Waals surface area contributed by atoms with Crippen molar-refractivity contribution in [3.63, 3.8) is 0 Å². The highest BCUT2D eigenvalue weighted by Gasteiger charge is 2.66. The molecule has 4 aliphatic rings. The van der Waals surface area contributed by atoms with Crippen molar-refractivity contribution in [2.24, 2.45) is 28.6 Å². The molecule has 26 heavy (non-hydrogen) atoms. The molecule has 2 saturated carbocycles. The number of methoxy groups -OCH3 is 1. The van der Waals surface area contributed by atoms with Crippen LogP contribution in [0.15, 0.2) is 35.6 Å². The van der Waals surface area contributed by atoms with Crippen LogP contribution in [0.5, 0.6) is 0 Å². The molecule has 0 unspecified atom stereocenters. The fraction of sp³-hybridized carbons (Fsp3) is 0.696. The van der Waals surface area contributed by atoms with E-state index in [0.29, 0.717) is 24.0 Å². The van der Waals surface area contributed by atoms with E-state index in [9.17, 15) is 9.90 Å². The van der Waals surface area contributed by atoms with Crippen molar-refractivity contribution in [1.82, 2.24) is 0 Å². The van der Waals surface area contributed by atoms with E-state index >= 15 is 0 Å². The summed E-state index contributed by atoms with van der Waals surface area (Å²) in [4.78, 5) is 11.9. The molecule has 0 aromatic heterocycles. The van der Waals surface area contributed by atoms with Crippen LogP contribution in [-0.4, -0.2) is 23.6 Å². The molecule has 0 saturated heterocycles. The van der Waals surface area contributed by atoms with Crippen LogP contribution in [0.4, 0.5) is 0 Å². The van der Waals surface area contributed by atoms with Gasteiger partial charge in [-0.3, -0.25) is 4.79 Å². The Balaban J connectivity index is 1.78. The molecular formula is C23H32O3. The van der Waals surface area contributed by atoms with Gasteiger partial charge in [-0.25, -0.2) is 0 Å². The molecule has 0 spiro atoms. The Bertz CT molecular complexity index is 732. The molecular weight excluding hydrogens is 324 g/mol. The van der Waals surface area contributed by atoms with Gasteiger partial charge in [0, 0.05) is 17.3 Å². The lowest BCUT2D eigenvalue weighted by molar-refractivity contribution is -0.116. The highest BCUT2D eigenvalue weighted by Crippen LogP contribution is 2.67. The number of allylic oxidation sites excluding steroid dienone is 4. The van der Waals surface area contributed by atoms with Crippen molar-refractivity contribution in [3.05, 3.63) is 35.6 Å². The summed E-state index contributed by atoms with van der Waals surface area (Å²) in [5.41, 5.74) is 1.69. The molecule has 3 heteroatoms. The molecule has 0 heterocycles. The highest BCUT2D eigenvalue weighted by atomic mass is 16.5. The molecule has 0 radical (unpaired) electrons. The molecule has 142 valence electrons. The number of fused-ring (bicyclic) bond motifs is 5. The van der Waals surface area contributed by atoms with Crippen molar-refractivity contribution in [3.8, 4) is 0 Å². The Kier molecular flexibility index (Phi) is 3.87. The summed E-state index contributed by atoms with van der Waals surface area (Å²) in [5.74, 6) is 1.86. The zero-order valence-electron chi connectivity index (χ0n) is 16.6. The van der Waals surface area contributed by atoms with Crippen molar-refractivity contribution in [1.29, 1.82) is 0 Å². The van der Waals surface area contributed by atoms with Crippen LogP contribution in [0.25, 0.3) is 0 Å². The van der Waals surface area contributed by atoms with Crippen molar-refractivity contribution in [2.75, 3.05) is 7.11 Å². The standard InChI is InChI=1S/C23H32O3/c1-14-12-20-18-7-6-16-13-17(24)8-10-21(16,3)19(18)9-11-22(20,4)23(14,25)15(2)26-5/h9,13-14,18,20,25H,2,6-8,10-12H2,1,3-5H3/t14-,18-,20+,21+,22+,23+/m1/s1. The smallest absolute Gasteiger partial charge is 0.155 e. The summed E-state index contributed by atoms with van der Waals surface area (Å²) in [5, 5.41) is 11.7. The molecule has 0 bridgehead atoms. The first kappa shape index (κ1) is 18.0. The maximum atomic E-state index is 11.9. The van der Waals surface area contributed by atoms with Gasteiger partial charge >= 0.3 is 0 Å². The molecule has 0 aromatic rings. The normalized spacial score (nSPS) is 47.3. The van der Waals surface area contributed by atoms with Gasteiger partial charge in [-0.05, 0) is 55.9 Å². The van der Waals surface area contributed by atoms with Gasteiger partial charge in [0.15, 0.2) is 5.78 Å². The Morgan fingerprint density at radius 1 is 1.35 bits per heavy atom. The number of ether oxygens (including phenoxy) is 1. The Morgan fingerprint density at radius 3 is 2.77 bits per heavy atom. The molecule has 0 amide bonds. The molecule has 1 N–H and O–H groups in total. The SMILES string of the molecule is C=C(OC)[C@@]1(O)[C@H](C)C[C@H]2[C@@H]3CCC4=CC(=O)CC[C@]4(C)C3=CC[C@@]21C. The summed E-state index contributed by atoms with van der Waals surface area (Å²) < 4.78 is 5.46. The van der Waals surface area contributed by atoms with Gasteiger partial charge in [0.2, 0.25) is 0 Å². The van der Waals surface area contributed by atoms with E-state index in [-0.39, 0.29) is 22.5 Å². The van der Waals surface area contributed by atoms with Crippen molar-refractivity contribution in [2.45, 2.75) is 64.9 Å². The van der Waals surface area contributed by atoms with Crippen LogP contribution >= 0.6 is 0 Å². The van der Waals surface area contributed by atoms with E-state index in [4.69, 9.17) is 4.74 Å². The third kappa shape index (κ3) is 2.01. The third-order valence-electron chi connectivity index (χ3n) is 8.59. The van der Waals surface area contributed by atoms with Gasteiger partial charge in [0.1, 0.15) is 11.4 Å². The highest BCUT2D eigenvalue weighted by molar-refractivity contribution is 5.92. The van der Waals surface area contributed by atoms with Crippen LogP contribution < -0.4 is 0 Å². The Hall–Kier alpha value is -1.35. The summed E-state index contributed by atoms with van der Waals surface area (Å²) in [6.07, 6.45) is 9.87. The number of carbonyl (C=O) groups excluding carboxylic acids is 1. The zero-order valence-corrected chi connectivity index (χ0v) is 16.6. The number of hydrogen-bond acceptors (Lipinski definition) is 3. The quantitative estimate of drug-likeness (QED) is 0.582. The molecule has 2 fully saturated rings. The largest absolute Gasteiger partial charge is 0.499 e. The van der Waals surface area contributed by atoms with Gasteiger partial charge in [-0.1, -0.05) is 44.6 Å². The second kappa shape index (κ2) is 5.58. The number of ketones is 1. The summed E-state index contributed by atoms with van der Waals surface area (Å²) in [6.45, 7) is 10.8. The van der Waals surface area contributed by atoms with E-state index in [0.717, 1.165) is 32.1 Å². The summed E-state index contributed by atoms with van der Waals surface area (Å²) in [6, 6.07) is 0. The van der Waals surface area contributed by atoms with E-state index in [1.807, 2.05) is 6.08 Å². The molecule has 4 rings (SSSR count). The predicted molar refractivity (Wildman–Crippen MR) is 102 cm³/mol. The molecule has 0 aliphatic heterocycles.